The van der Waals surface area contributed by atoms with E-state index in [1.165, 1.54) is 13.0 Å². The number of rotatable bonds is 7. The fourth-order valence-electron chi connectivity index (χ4n) is 2.62. The molecule has 0 aromatic heterocycles. The van der Waals surface area contributed by atoms with Crippen molar-refractivity contribution < 1.29 is 9.90 Å². The van der Waals surface area contributed by atoms with Gasteiger partial charge in [-0.3, -0.25) is 9.69 Å². The van der Waals surface area contributed by atoms with E-state index in [0.717, 1.165) is 38.4 Å². The number of hydrogen-bond acceptors (Lipinski definition) is 3. The summed E-state index contributed by atoms with van der Waals surface area (Å²) in [5.41, 5.74) is 0. The molecule has 4 nitrogen and oxygen atoms in total. The van der Waals surface area contributed by atoms with Crippen molar-refractivity contribution in [3.05, 3.63) is 0 Å². The zero-order valence-corrected chi connectivity index (χ0v) is 13.3. The van der Waals surface area contributed by atoms with Gasteiger partial charge in [-0.25, -0.2) is 0 Å². The van der Waals surface area contributed by atoms with Crippen LogP contribution in [0.4, 0.5) is 0 Å². The Morgan fingerprint density at radius 1 is 1.37 bits per heavy atom. The number of carbonyl (C=O) groups is 1. The van der Waals surface area contributed by atoms with Gasteiger partial charge >= 0.3 is 5.97 Å². The minimum absolute atomic E-state index is 0. The number of carboxylic acids is 1. The third-order valence-electron chi connectivity index (χ3n) is 3.84. The summed E-state index contributed by atoms with van der Waals surface area (Å²) >= 11 is 0. The molecule has 1 aliphatic heterocycles. The average molecular weight is 293 g/mol. The van der Waals surface area contributed by atoms with E-state index in [-0.39, 0.29) is 19.0 Å². The number of hydrogen-bond donors (Lipinski definition) is 1. The molecule has 0 atom stereocenters. The molecule has 1 aliphatic rings. The van der Waals surface area contributed by atoms with Gasteiger partial charge in [0.1, 0.15) is 0 Å². The minimum Gasteiger partial charge on any atom is -0.480 e. The Balaban J connectivity index is 0.00000324. The molecule has 114 valence electrons. The van der Waals surface area contributed by atoms with E-state index in [2.05, 4.69) is 23.6 Å². The van der Waals surface area contributed by atoms with Gasteiger partial charge in [0.25, 0.3) is 0 Å². The highest BCUT2D eigenvalue weighted by Gasteiger charge is 2.24. The third kappa shape index (κ3) is 7.14. The molecule has 1 fully saturated rings. The molecule has 0 aromatic carbocycles. The normalized spacial score (nSPS) is 17.7. The van der Waals surface area contributed by atoms with Crippen LogP contribution in [-0.4, -0.2) is 59.6 Å². The standard InChI is InChI=1S/C14H28N2O2.ClH/c1-4-16(11-14(17)18)13-6-9-15(10-7-13)8-5-12(2)3;/h12-13H,4-11H2,1-3H3,(H,17,18);1H. The Labute approximate surface area is 123 Å². The molecule has 0 aromatic rings. The molecule has 1 N–H and O–H groups in total. The Hall–Kier alpha value is -0.320. The number of nitrogens with zero attached hydrogens (tertiary/aromatic N) is 2. The molecule has 0 amide bonds. The zero-order chi connectivity index (χ0) is 13.5. The van der Waals surface area contributed by atoms with Crippen molar-refractivity contribution in [1.29, 1.82) is 0 Å². The lowest BCUT2D eigenvalue weighted by Crippen LogP contribution is -2.46. The van der Waals surface area contributed by atoms with Gasteiger partial charge in [-0.05, 0) is 51.4 Å². The first kappa shape index (κ1) is 18.7. The van der Waals surface area contributed by atoms with E-state index >= 15 is 0 Å². The van der Waals surface area contributed by atoms with E-state index in [1.807, 2.05) is 6.92 Å². The highest BCUT2D eigenvalue weighted by Crippen LogP contribution is 2.17. The second kappa shape index (κ2) is 9.56. The SMILES string of the molecule is CCN(CC(=O)O)C1CCN(CCC(C)C)CC1.Cl. The molecule has 5 heteroatoms. The van der Waals surface area contributed by atoms with Crippen LogP contribution >= 0.6 is 12.4 Å². The summed E-state index contributed by atoms with van der Waals surface area (Å²) in [4.78, 5) is 15.4. The summed E-state index contributed by atoms with van der Waals surface area (Å²) in [6.07, 6.45) is 3.48. The van der Waals surface area contributed by atoms with E-state index in [0.29, 0.717) is 6.04 Å². The largest absolute Gasteiger partial charge is 0.480 e. The second-order valence-corrected chi connectivity index (χ2v) is 5.71. The number of halogens is 1. The number of aliphatic carboxylic acids is 1. The van der Waals surface area contributed by atoms with Gasteiger partial charge in [0.15, 0.2) is 0 Å². The lowest BCUT2D eigenvalue weighted by molar-refractivity contribution is -0.139. The van der Waals surface area contributed by atoms with Crippen molar-refractivity contribution in [2.45, 2.75) is 46.1 Å². The molecular weight excluding hydrogens is 264 g/mol. The van der Waals surface area contributed by atoms with Gasteiger partial charge in [0.2, 0.25) is 0 Å². The first-order valence-electron chi connectivity index (χ1n) is 7.21. The van der Waals surface area contributed by atoms with Crippen LogP contribution in [0.1, 0.15) is 40.0 Å². The molecule has 19 heavy (non-hydrogen) atoms. The molecule has 1 saturated heterocycles. The Kier molecular flexibility index (Phi) is 9.40. The highest BCUT2D eigenvalue weighted by molar-refractivity contribution is 5.85. The van der Waals surface area contributed by atoms with E-state index in [4.69, 9.17) is 5.11 Å². The van der Waals surface area contributed by atoms with Crippen LogP contribution in [0.25, 0.3) is 0 Å². The first-order valence-corrected chi connectivity index (χ1v) is 7.21. The molecule has 0 spiro atoms. The molecule has 0 aliphatic carbocycles. The van der Waals surface area contributed by atoms with E-state index in [1.54, 1.807) is 0 Å². The van der Waals surface area contributed by atoms with Crippen LogP contribution in [0.2, 0.25) is 0 Å². The maximum atomic E-state index is 10.8. The van der Waals surface area contributed by atoms with Crippen molar-refractivity contribution in [1.82, 2.24) is 9.80 Å². The van der Waals surface area contributed by atoms with Crippen LogP contribution in [-0.2, 0) is 4.79 Å². The fraction of sp³-hybridized carbons (Fsp3) is 0.929. The van der Waals surface area contributed by atoms with Crippen molar-refractivity contribution in [3.63, 3.8) is 0 Å². The van der Waals surface area contributed by atoms with Crippen molar-refractivity contribution in [3.8, 4) is 0 Å². The predicted molar refractivity (Wildman–Crippen MR) is 81.0 cm³/mol. The number of carboxylic acid groups (broad SMARTS) is 1. The molecular formula is C14H29ClN2O2. The van der Waals surface area contributed by atoms with Crippen LogP contribution in [0, 0.1) is 5.92 Å². The predicted octanol–water partition coefficient (Wildman–Crippen LogP) is 2.33. The first-order chi connectivity index (χ1) is 8.52. The molecule has 0 saturated carbocycles. The fourth-order valence-corrected chi connectivity index (χ4v) is 2.62. The lowest BCUT2D eigenvalue weighted by Gasteiger charge is -2.37. The van der Waals surface area contributed by atoms with Crippen LogP contribution in [0.15, 0.2) is 0 Å². The van der Waals surface area contributed by atoms with Crippen LogP contribution < -0.4 is 0 Å². The Bertz CT molecular complexity index is 254. The van der Waals surface area contributed by atoms with E-state index < -0.39 is 5.97 Å². The molecule has 0 unspecified atom stereocenters. The van der Waals surface area contributed by atoms with Gasteiger partial charge in [0.05, 0.1) is 6.54 Å². The molecule has 1 heterocycles. The molecule has 1 rings (SSSR count). The quantitative estimate of drug-likeness (QED) is 0.782. The van der Waals surface area contributed by atoms with Crippen molar-refractivity contribution in [2.75, 3.05) is 32.7 Å². The minimum atomic E-state index is -0.709. The summed E-state index contributed by atoms with van der Waals surface area (Å²) in [6.45, 7) is 11.0. The maximum absolute atomic E-state index is 10.8. The lowest BCUT2D eigenvalue weighted by atomic mass is 10.0. The van der Waals surface area contributed by atoms with E-state index in [9.17, 15) is 4.79 Å². The van der Waals surface area contributed by atoms with Gasteiger partial charge < -0.3 is 10.0 Å². The number of likely N-dealkylation sites (tertiary alicyclic amines) is 1. The average Bonchev–Trinajstić information content (AvgIpc) is 2.34. The number of piperidine rings is 1. The Morgan fingerprint density at radius 2 is 1.95 bits per heavy atom. The summed E-state index contributed by atoms with van der Waals surface area (Å²) < 4.78 is 0. The highest BCUT2D eigenvalue weighted by atomic mass is 35.5. The van der Waals surface area contributed by atoms with Gasteiger partial charge in [-0.1, -0.05) is 20.8 Å². The monoisotopic (exact) mass is 292 g/mol. The van der Waals surface area contributed by atoms with Crippen LogP contribution in [0.5, 0.6) is 0 Å². The zero-order valence-electron chi connectivity index (χ0n) is 12.5. The number of likely N-dealkylation sites (N-methyl/N-ethyl adjacent to an activating group) is 1. The van der Waals surface area contributed by atoms with Gasteiger partial charge in [-0.15, -0.1) is 12.4 Å². The Morgan fingerprint density at radius 3 is 2.37 bits per heavy atom. The summed E-state index contributed by atoms with van der Waals surface area (Å²) in [6, 6.07) is 0.460. The second-order valence-electron chi connectivity index (χ2n) is 5.71. The van der Waals surface area contributed by atoms with Gasteiger partial charge in [-0.2, -0.15) is 0 Å². The summed E-state index contributed by atoms with van der Waals surface area (Å²) in [5, 5.41) is 8.89. The van der Waals surface area contributed by atoms with Gasteiger partial charge in [0, 0.05) is 6.04 Å². The summed E-state index contributed by atoms with van der Waals surface area (Å²) in [7, 11) is 0. The smallest absolute Gasteiger partial charge is 0.317 e. The third-order valence-corrected chi connectivity index (χ3v) is 3.84. The van der Waals surface area contributed by atoms with Crippen molar-refractivity contribution >= 4 is 18.4 Å². The maximum Gasteiger partial charge on any atom is 0.317 e. The van der Waals surface area contributed by atoms with Crippen molar-refractivity contribution in [2.24, 2.45) is 5.92 Å². The molecule has 0 radical (unpaired) electrons. The molecule has 0 bridgehead atoms. The summed E-state index contributed by atoms with van der Waals surface area (Å²) in [5.74, 6) is 0.0564. The van der Waals surface area contributed by atoms with Crippen LogP contribution in [0.3, 0.4) is 0 Å². The topological polar surface area (TPSA) is 43.8 Å².